The Morgan fingerprint density at radius 1 is 1.05 bits per heavy atom. The zero-order valence-electron chi connectivity index (χ0n) is 12.7. The van der Waals surface area contributed by atoms with E-state index >= 15 is 0 Å². The average molecular weight is 277 g/mol. The zero-order chi connectivity index (χ0) is 14.4. The highest BCUT2D eigenvalue weighted by atomic mass is 16.5. The molecular weight excluding hydrogens is 250 g/mol. The van der Waals surface area contributed by atoms with Crippen molar-refractivity contribution in [3.63, 3.8) is 0 Å². The highest BCUT2D eigenvalue weighted by molar-refractivity contribution is 5.26. The molecule has 2 rings (SSSR count). The fourth-order valence-electron chi connectivity index (χ4n) is 2.75. The Morgan fingerprint density at radius 2 is 1.80 bits per heavy atom. The lowest BCUT2D eigenvalue weighted by atomic mass is 9.80. The molecule has 0 spiro atoms. The van der Waals surface area contributed by atoms with Crippen molar-refractivity contribution in [1.29, 1.82) is 0 Å². The van der Waals surface area contributed by atoms with Crippen molar-refractivity contribution in [2.45, 2.75) is 45.8 Å². The summed E-state index contributed by atoms with van der Waals surface area (Å²) in [4.78, 5) is 0. The molecule has 1 aromatic carbocycles. The van der Waals surface area contributed by atoms with E-state index in [1.54, 1.807) is 0 Å². The summed E-state index contributed by atoms with van der Waals surface area (Å²) < 4.78 is 11.6. The van der Waals surface area contributed by atoms with Crippen molar-refractivity contribution in [3.05, 3.63) is 29.8 Å². The summed E-state index contributed by atoms with van der Waals surface area (Å²) in [5, 5.41) is 0. The smallest absolute Gasteiger partial charge is 0.119 e. The van der Waals surface area contributed by atoms with Gasteiger partial charge in [0.2, 0.25) is 0 Å². The number of ether oxygens (including phenoxy) is 2. The molecular formula is C17H27NO2. The molecule has 2 N–H and O–H groups in total. The molecule has 0 bridgehead atoms. The number of rotatable bonds is 6. The topological polar surface area (TPSA) is 44.5 Å². The lowest BCUT2D eigenvalue weighted by Gasteiger charge is -2.31. The normalized spacial score (nSPS) is 26.4. The average Bonchev–Trinajstić information content (AvgIpc) is 2.48. The summed E-state index contributed by atoms with van der Waals surface area (Å²) >= 11 is 0. The second-order valence-electron chi connectivity index (χ2n) is 5.96. The Morgan fingerprint density at radius 3 is 2.45 bits per heavy atom. The van der Waals surface area contributed by atoms with Gasteiger partial charge in [-0.25, -0.2) is 0 Å². The molecule has 0 saturated heterocycles. The van der Waals surface area contributed by atoms with Crippen molar-refractivity contribution < 1.29 is 9.47 Å². The van der Waals surface area contributed by atoms with Gasteiger partial charge in [0, 0.05) is 6.54 Å². The maximum Gasteiger partial charge on any atom is 0.119 e. The molecule has 20 heavy (non-hydrogen) atoms. The molecule has 0 amide bonds. The summed E-state index contributed by atoms with van der Waals surface area (Å²) in [7, 11) is 0. The van der Waals surface area contributed by atoms with Gasteiger partial charge in [-0.2, -0.15) is 0 Å². The first-order valence-electron chi connectivity index (χ1n) is 7.72. The number of hydrogen-bond donors (Lipinski definition) is 1. The van der Waals surface area contributed by atoms with Gasteiger partial charge in [-0.1, -0.05) is 26.0 Å². The molecule has 0 radical (unpaired) electrons. The maximum atomic E-state index is 5.92. The number of hydrogen-bond acceptors (Lipinski definition) is 3. The van der Waals surface area contributed by atoms with Gasteiger partial charge in [-0.15, -0.1) is 0 Å². The molecule has 1 fully saturated rings. The highest BCUT2D eigenvalue weighted by Crippen LogP contribution is 2.30. The van der Waals surface area contributed by atoms with Crippen LogP contribution in [0.1, 0.15) is 38.7 Å². The first-order chi connectivity index (χ1) is 9.69. The minimum atomic E-state index is 0.421. The summed E-state index contributed by atoms with van der Waals surface area (Å²) in [6.45, 7) is 6.53. The third kappa shape index (κ3) is 4.50. The second-order valence-corrected chi connectivity index (χ2v) is 5.96. The van der Waals surface area contributed by atoms with Crippen LogP contribution in [0.25, 0.3) is 0 Å². The Bertz CT molecular complexity index is 390. The summed E-state index contributed by atoms with van der Waals surface area (Å²) in [6.07, 6.45) is 4.08. The van der Waals surface area contributed by atoms with Crippen LogP contribution < -0.4 is 10.5 Å². The minimum absolute atomic E-state index is 0.421. The molecule has 3 heteroatoms. The minimum Gasteiger partial charge on any atom is -0.491 e. The Labute approximate surface area is 122 Å². The van der Waals surface area contributed by atoms with Gasteiger partial charge in [-0.05, 0) is 48.8 Å². The van der Waals surface area contributed by atoms with Crippen LogP contribution in [0, 0.1) is 11.8 Å². The van der Waals surface area contributed by atoms with E-state index in [0.717, 1.165) is 23.1 Å². The Kier molecular flexibility index (Phi) is 5.86. The first kappa shape index (κ1) is 15.3. The van der Waals surface area contributed by atoms with Crippen molar-refractivity contribution in [2.75, 3.05) is 13.2 Å². The van der Waals surface area contributed by atoms with E-state index < -0.39 is 0 Å². The molecule has 3 nitrogen and oxygen atoms in total. The first-order valence-corrected chi connectivity index (χ1v) is 7.72. The van der Waals surface area contributed by atoms with Crippen LogP contribution >= 0.6 is 0 Å². The Balaban J connectivity index is 1.63. The molecule has 3 atom stereocenters. The third-order valence-corrected chi connectivity index (χ3v) is 4.41. The zero-order valence-corrected chi connectivity index (χ0v) is 12.7. The molecule has 1 saturated carbocycles. The van der Waals surface area contributed by atoms with Gasteiger partial charge >= 0.3 is 0 Å². The van der Waals surface area contributed by atoms with Gasteiger partial charge in [-0.3, -0.25) is 0 Å². The molecule has 1 aliphatic carbocycles. The summed E-state index contributed by atoms with van der Waals surface area (Å²) in [5.41, 5.74) is 6.69. The van der Waals surface area contributed by atoms with Crippen LogP contribution in [0.2, 0.25) is 0 Å². The van der Waals surface area contributed by atoms with E-state index in [-0.39, 0.29) is 0 Å². The molecule has 1 aromatic rings. The van der Waals surface area contributed by atoms with Crippen molar-refractivity contribution in [1.82, 2.24) is 0 Å². The van der Waals surface area contributed by atoms with Crippen LogP contribution in [-0.4, -0.2) is 19.3 Å². The molecule has 1 aliphatic rings. The van der Waals surface area contributed by atoms with Gasteiger partial charge in [0.1, 0.15) is 12.4 Å². The van der Waals surface area contributed by atoms with E-state index in [1.165, 1.54) is 19.3 Å². The van der Waals surface area contributed by atoms with E-state index in [1.807, 2.05) is 24.3 Å². The van der Waals surface area contributed by atoms with E-state index in [2.05, 4.69) is 13.8 Å². The van der Waals surface area contributed by atoms with Crippen molar-refractivity contribution >= 4 is 0 Å². The quantitative estimate of drug-likeness (QED) is 0.811. The van der Waals surface area contributed by atoms with Crippen LogP contribution in [-0.2, 0) is 11.3 Å². The predicted molar refractivity (Wildman–Crippen MR) is 81.7 cm³/mol. The lowest BCUT2D eigenvalue weighted by molar-refractivity contribution is -0.00908. The molecule has 0 aliphatic heterocycles. The monoisotopic (exact) mass is 277 g/mol. The maximum absolute atomic E-state index is 5.92. The number of nitrogens with two attached hydrogens (primary N) is 1. The third-order valence-electron chi connectivity index (χ3n) is 4.41. The van der Waals surface area contributed by atoms with Crippen LogP contribution in [0.3, 0.4) is 0 Å². The summed E-state index contributed by atoms with van der Waals surface area (Å²) in [5.74, 6) is 2.50. The second kappa shape index (κ2) is 7.65. The molecule has 112 valence electrons. The van der Waals surface area contributed by atoms with Gasteiger partial charge < -0.3 is 15.2 Å². The predicted octanol–water partition coefficient (Wildman–Crippen LogP) is 3.37. The fourth-order valence-corrected chi connectivity index (χ4v) is 2.75. The largest absolute Gasteiger partial charge is 0.491 e. The SMILES string of the molecule is CC1CCC(OCCOc2ccc(CN)cc2)CC1C. The summed E-state index contributed by atoms with van der Waals surface area (Å²) in [6, 6.07) is 7.93. The fraction of sp³-hybridized carbons (Fsp3) is 0.647. The highest BCUT2D eigenvalue weighted by Gasteiger charge is 2.24. The standard InChI is InChI=1S/C17H27NO2/c1-13-3-6-17(11-14(13)2)20-10-9-19-16-7-4-15(12-18)5-8-16/h4-5,7-8,13-14,17H,3,6,9-12,18H2,1-2H3. The van der Waals surface area contributed by atoms with Crippen LogP contribution in [0.4, 0.5) is 0 Å². The van der Waals surface area contributed by atoms with E-state index in [9.17, 15) is 0 Å². The Hall–Kier alpha value is -1.06. The van der Waals surface area contributed by atoms with Gasteiger partial charge in [0.15, 0.2) is 0 Å². The van der Waals surface area contributed by atoms with E-state index in [0.29, 0.717) is 25.9 Å². The van der Waals surface area contributed by atoms with Gasteiger partial charge in [0.25, 0.3) is 0 Å². The van der Waals surface area contributed by atoms with Crippen molar-refractivity contribution in [2.24, 2.45) is 17.6 Å². The van der Waals surface area contributed by atoms with E-state index in [4.69, 9.17) is 15.2 Å². The van der Waals surface area contributed by atoms with Crippen molar-refractivity contribution in [3.8, 4) is 5.75 Å². The molecule has 0 aromatic heterocycles. The number of benzene rings is 1. The van der Waals surface area contributed by atoms with Crippen LogP contribution in [0.15, 0.2) is 24.3 Å². The molecule has 0 heterocycles. The van der Waals surface area contributed by atoms with Gasteiger partial charge in [0.05, 0.1) is 12.7 Å². The van der Waals surface area contributed by atoms with Crippen LogP contribution in [0.5, 0.6) is 5.75 Å². The lowest BCUT2D eigenvalue weighted by Crippen LogP contribution is -2.28. The molecule has 3 unspecified atom stereocenters.